The summed E-state index contributed by atoms with van der Waals surface area (Å²) in [4.78, 5) is 16.8. The SMILES string of the molecule is CN1NC(COc2cccc(Cl)c2)=C(C(=O)O)N1CCN1CCN(c2ccccc2)CC1.Cl. The van der Waals surface area contributed by atoms with Gasteiger partial charge in [0, 0.05) is 57.0 Å². The van der Waals surface area contributed by atoms with Crippen molar-refractivity contribution >= 4 is 35.7 Å². The summed E-state index contributed by atoms with van der Waals surface area (Å²) < 4.78 is 5.76. The molecule has 2 aliphatic heterocycles. The molecule has 2 aromatic rings. The molecule has 1 fully saturated rings. The highest BCUT2D eigenvalue weighted by atomic mass is 35.5. The van der Waals surface area contributed by atoms with Crippen molar-refractivity contribution in [2.75, 3.05) is 57.8 Å². The molecule has 0 unspecified atom stereocenters. The van der Waals surface area contributed by atoms with E-state index < -0.39 is 5.97 Å². The van der Waals surface area contributed by atoms with Crippen molar-refractivity contribution in [2.45, 2.75) is 0 Å². The van der Waals surface area contributed by atoms with E-state index in [4.69, 9.17) is 16.3 Å². The molecule has 2 heterocycles. The number of hydrogen-bond acceptors (Lipinski definition) is 7. The summed E-state index contributed by atoms with van der Waals surface area (Å²) in [5.74, 6) is -0.394. The molecule has 0 bridgehead atoms. The number of piperazine rings is 1. The largest absolute Gasteiger partial charge is 0.487 e. The summed E-state index contributed by atoms with van der Waals surface area (Å²) in [5.41, 5.74) is 5.07. The molecule has 178 valence electrons. The summed E-state index contributed by atoms with van der Waals surface area (Å²) in [5, 5.41) is 13.9. The van der Waals surface area contributed by atoms with Crippen LogP contribution in [0.15, 0.2) is 66.0 Å². The maximum atomic E-state index is 12.0. The fourth-order valence-corrected chi connectivity index (χ4v) is 4.21. The second kappa shape index (κ2) is 11.5. The lowest BCUT2D eigenvalue weighted by atomic mass is 10.2. The topological polar surface area (TPSA) is 71.5 Å². The van der Waals surface area contributed by atoms with Crippen molar-refractivity contribution in [3.05, 3.63) is 71.0 Å². The molecule has 0 amide bonds. The highest BCUT2D eigenvalue weighted by Gasteiger charge is 2.32. The van der Waals surface area contributed by atoms with Gasteiger partial charge in [-0.05, 0) is 30.3 Å². The molecule has 0 spiro atoms. The van der Waals surface area contributed by atoms with Crippen LogP contribution in [-0.2, 0) is 4.79 Å². The number of carboxylic acid groups (broad SMARTS) is 1. The number of benzene rings is 2. The highest BCUT2D eigenvalue weighted by molar-refractivity contribution is 6.30. The number of ether oxygens (including phenoxy) is 1. The lowest BCUT2D eigenvalue weighted by Crippen LogP contribution is -2.50. The smallest absolute Gasteiger partial charge is 0.355 e. The fraction of sp³-hybridized carbons (Fsp3) is 0.348. The molecule has 2 N–H and O–H groups in total. The van der Waals surface area contributed by atoms with E-state index >= 15 is 0 Å². The quantitative estimate of drug-likeness (QED) is 0.581. The Bertz CT molecular complexity index is 968. The summed E-state index contributed by atoms with van der Waals surface area (Å²) in [6.07, 6.45) is 0. The number of carboxylic acids is 1. The lowest BCUT2D eigenvalue weighted by molar-refractivity contribution is -0.136. The van der Waals surface area contributed by atoms with Gasteiger partial charge in [0.05, 0.1) is 5.70 Å². The third-order valence-corrected chi connectivity index (χ3v) is 5.94. The monoisotopic (exact) mass is 493 g/mol. The molecular weight excluding hydrogens is 465 g/mol. The van der Waals surface area contributed by atoms with E-state index in [-0.39, 0.29) is 24.7 Å². The Morgan fingerprint density at radius 2 is 1.79 bits per heavy atom. The molecule has 0 saturated carbocycles. The van der Waals surface area contributed by atoms with Crippen molar-refractivity contribution in [3.63, 3.8) is 0 Å². The Morgan fingerprint density at radius 1 is 1.06 bits per heavy atom. The van der Waals surface area contributed by atoms with Gasteiger partial charge in [-0.15, -0.1) is 17.5 Å². The van der Waals surface area contributed by atoms with Crippen LogP contribution in [0.2, 0.25) is 5.02 Å². The van der Waals surface area contributed by atoms with E-state index in [1.54, 1.807) is 34.4 Å². The van der Waals surface area contributed by atoms with Crippen molar-refractivity contribution in [1.29, 1.82) is 0 Å². The molecule has 33 heavy (non-hydrogen) atoms. The van der Waals surface area contributed by atoms with Crippen LogP contribution in [0.5, 0.6) is 5.75 Å². The second-order valence-corrected chi connectivity index (χ2v) is 8.24. The Balaban J connectivity index is 0.00000306. The molecule has 1 saturated heterocycles. The first kappa shape index (κ1) is 25.0. The maximum Gasteiger partial charge on any atom is 0.355 e. The molecule has 0 radical (unpaired) electrons. The van der Waals surface area contributed by atoms with Crippen LogP contribution in [0.1, 0.15) is 0 Å². The van der Waals surface area contributed by atoms with Gasteiger partial charge in [-0.25, -0.2) is 4.79 Å². The molecule has 2 aliphatic rings. The number of carbonyl (C=O) groups is 1. The third-order valence-electron chi connectivity index (χ3n) is 5.71. The van der Waals surface area contributed by atoms with Gasteiger partial charge in [0.25, 0.3) is 0 Å². The van der Waals surface area contributed by atoms with Crippen LogP contribution < -0.4 is 15.1 Å². The molecule has 10 heteroatoms. The number of anilines is 1. The van der Waals surface area contributed by atoms with E-state index in [1.165, 1.54) is 5.69 Å². The van der Waals surface area contributed by atoms with Gasteiger partial charge in [-0.1, -0.05) is 35.9 Å². The number of halogens is 2. The maximum absolute atomic E-state index is 12.0. The van der Waals surface area contributed by atoms with Crippen LogP contribution in [0, 0.1) is 0 Å². The average Bonchev–Trinajstić information content (AvgIpc) is 3.12. The third kappa shape index (κ3) is 6.23. The minimum Gasteiger partial charge on any atom is -0.487 e. The van der Waals surface area contributed by atoms with E-state index in [1.807, 2.05) is 13.1 Å². The van der Waals surface area contributed by atoms with Crippen LogP contribution in [0.25, 0.3) is 0 Å². The standard InChI is InChI=1S/C23H28ClN5O3.ClH/c1-26-25-21(17-32-20-9-5-6-18(24)16-20)22(23(30)31)29(26)15-12-27-10-13-28(14-11-27)19-7-3-2-4-8-19;/h2-9,16,25H,10-15,17H2,1H3,(H,30,31);1H. The van der Waals surface area contributed by atoms with Crippen LogP contribution in [-0.4, -0.2) is 79.0 Å². The first-order valence-corrected chi connectivity index (χ1v) is 11.0. The molecule has 8 nitrogen and oxygen atoms in total. The van der Waals surface area contributed by atoms with Gasteiger partial charge in [0.2, 0.25) is 0 Å². The Hall–Kier alpha value is -2.65. The summed E-state index contributed by atoms with van der Waals surface area (Å²) >= 11 is 6.00. The van der Waals surface area contributed by atoms with E-state index in [2.05, 4.69) is 39.5 Å². The zero-order valence-electron chi connectivity index (χ0n) is 18.5. The number of para-hydroxylation sites is 1. The number of hydrogen-bond donors (Lipinski definition) is 2. The normalized spacial score (nSPS) is 17.0. The Morgan fingerprint density at radius 3 is 2.45 bits per heavy atom. The fourth-order valence-electron chi connectivity index (χ4n) is 4.03. The minimum atomic E-state index is -0.986. The summed E-state index contributed by atoms with van der Waals surface area (Å²) in [6.45, 7) is 5.24. The number of hydrazine groups is 2. The number of nitrogens with zero attached hydrogens (tertiary/aromatic N) is 4. The first-order chi connectivity index (χ1) is 15.5. The number of aliphatic carboxylic acids is 1. The molecular formula is C23H29Cl2N5O3. The van der Waals surface area contributed by atoms with Crippen molar-refractivity contribution in [1.82, 2.24) is 20.5 Å². The zero-order valence-corrected chi connectivity index (χ0v) is 20.1. The predicted octanol–water partition coefficient (Wildman–Crippen LogP) is 2.93. The Kier molecular flexibility index (Phi) is 8.68. The van der Waals surface area contributed by atoms with Gasteiger partial charge in [0.1, 0.15) is 12.4 Å². The Labute approximate surface area is 205 Å². The predicted molar refractivity (Wildman–Crippen MR) is 132 cm³/mol. The van der Waals surface area contributed by atoms with Gasteiger partial charge in [-0.3, -0.25) is 15.3 Å². The molecule has 2 aromatic carbocycles. The van der Waals surface area contributed by atoms with Gasteiger partial charge in [-0.2, -0.15) is 0 Å². The first-order valence-electron chi connectivity index (χ1n) is 10.7. The summed E-state index contributed by atoms with van der Waals surface area (Å²) in [6, 6.07) is 17.5. The molecule has 4 rings (SSSR count). The van der Waals surface area contributed by atoms with Crippen LogP contribution in [0.3, 0.4) is 0 Å². The minimum absolute atomic E-state index is 0. The number of nitrogens with one attached hydrogen (secondary N) is 1. The van der Waals surface area contributed by atoms with Crippen molar-refractivity contribution < 1.29 is 14.6 Å². The van der Waals surface area contributed by atoms with E-state index in [9.17, 15) is 9.90 Å². The van der Waals surface area contributed by atoms with Gasteiger partial charge < -0.3 is 14.7 Å². The van der Waals surface area contributed by atoms with Crippen LogP contribution >= 0.6 is 24.0 Å². The second-order valence-electron chi connectivity index (χ2n) is 7.80. The van der Waals surface area contributed by atoms with Crippen molar-refractivity contribution in [3.8, 4) is 5.75 Å². The lowest BCUT2D eigenvalue weighted by Gasteiger charge is -2.37. The van der Waals surface area contributed by atoms with E-state index in [0.717, 1.165) is 32.7 Å². The zero-order chi connectivity index (χ0) is 22.5. The molecule has 0 aromatic heterocycles. The molecule has 0 aliphatic carbocycles. The van der Waals surface area contributed by atoms with E-state index in [0.29, 0.717) is 23.0 Å². The summed E-state index contributed by atoms with van der Waals surface area (Å²) in [7, 11) is 1.81. The average molecular weight is 494 g/mol. The number of rotatable bonds is 8. The van der Waals surface area contributed by atoms with Crippen molar-refractivity contribution in [2.24, 2.45) is 0 Å². The van der Waals surface area contributed by atoms with Gasteiger partial charge >= 0.3 is 5.97 Å². The molecule has 0 atom stereocenters. The van der Waals surface area contributed by atoms with Crippen LogP contribution in [0.4, 0.5) is 5.69 Å². The highest BCUT2D eigenvalue weighted by Crippen LogP contribution is 2.22. The van der Waals surface area contributed by atoms with Gasteiger partial charge in [0.15, 0.2) is 5.70 Å².